The van der Waals surface area contributed by atoms with Crippen LogP contribution < -0.4 is 10.1 Å². The highest BCUT2D eigenvalue weighted by molar-refractivity contribution is 5.82. The van der Waals surface area contributed by atoms with E-state index in [0.29, 0.717) is 43.3 Å². The van der Waals surface area contributed by atoms with Gasteiger partial charge in [-0.1, -0.05) is 6.07 Å². The van der Waals surface area contributed by atoms with Crippen LogP contribution in [0.4, 0.5) is 0 Å². The largest absolute Gasteiger partial charge is 0.481 e. The lowest BCUT2D eigenvalue weighted by Crippen LogP contribution is -2.63. The van der Waals surface area contributed by atoms with Crippen molar-refractivity contribution in [2.75, 3.05) is 33.9 Å². The summed E-state index contributed by atoms with van der Waals surface area (Å²) in [7, 11) is 3.10. The Kier molecular flexibility index (Phi) is 5.84. The van der Waals surface area contributed by atoms with Gasteiger partial charge in [0.15, 0.2) is 0 Å². The van der Waals surface area contributed by atoms with Crippen LogP contribution in [0.25, 0.3) is 0 Å². The van der Waals surface area contributed by atoms with Crippen molar-refractivity contribution in [2.24, 2.45) is 23.2 Å². The third kappa shape index (κ3) is 3.99. The molecule has 4 saturated carbocycles. The maximum absolute atomic E-state index is 13.2. The zero-order valence-electron chi connectivity index (χ0n) is 18.9. The molecule has 1 aliphatic heterocycles. The highest BCUT2D eigenvalue weighted by Gasteiger charge is 2.59. The van der Waals surface area contributed by atoms with Crippen molar-refractivity contribution in [3.05, 3.63) is 23.9 Å². The van der Waals surface area contributed by atoms with Gasteiger partial charge in [0.2, 0.25) is 5.88 Å². The van der Waals surface area contributed by atoms with Gasteiger partial charge in [0.05, 0.1) is 31.9 Å². The van der Waals surface area contributed by atoms with Gasteiger partial charge in [0, 0.05) is 31.7 Å². The average Bonchev–Trinajstić information content (AvgIpc) is 2.80. The number of nitrogens with one attached hydrogen (secondary N) is 1. The van der Waals surface area contributed by atoms with Crippen molar-refractivity contribution in [2.45, 2.75) is 50.8 Å². The van der Waals surface area contributed by atoms with E-state index in [9.17, 15) is 9.59 Å². The lowest BCUT2D eigenvalue weighted by Gasteiger charge is -2.58. The van der Waals surface area contributed by atoms with E-state index in [-0.39, 0.29) is 23.3 Å². The fourth-order valence-electron chi connectivity index (χ4n) is 6.88. The van der Waals surface area contributed by atoms with Crippen LogP contribution in [0.5, 0.6) is 5.88 Å². The van der Waals surface area contributed by atoms with Crippen LogP contribution in [0, 0.1) is 23.2 Å². The molecule has 0 spiro atoms. The Morgan fingerprint density at radius 1 is 1.22 bits per heavy atom. The SMILES string of the molecule is COC(=O)C12CC3CC(C1)C(NC(=O)C1CN(Cc4cccc(OC)n4)CCO1)C(C3)C2. The summed E-state index contributed by atoms with van der Waals surface area (Å²) in [6, 6.07) is 5.86. The minimum atomic E-state index is -0.485. The molecule has 1 aromatic heterocycles. The van der Waals surface area contributed by atoms with E-state index in [2.05, 4.69) is 15.2 Å². The van der Waals surface area contributed by atoms with Gasteiger partial charge in [-0.3, -0.25) is 14.5 Å². The van der Waals surface area contributed by atoms with Crippen LogP contribution in [0.15, 0.2) is 18.2 Å². The molecule has 1 saturated heterocycles. The second-order valence-electron chi connectivity index (χ2n) is 10.0. The summed E-state index contributed by atoms with van der Waals surface area (Å²) in [5.41, 5.74) is 0.591. The van der Waals surface area contributed by atoms with E-state index >= 15 is 0 Å². The molecule has 1 N–H and O–H groups in total. The van der Waals surface area contributed by atoms with Gasteiger partial charge in [-0.15, -0.1) is 0 Å². The number of aromatic nitrogens is 1. The number of hydrogen-bond donors (Lipinski definition) is 1. The number of rotatable bonds is 6. The van der Waals surface area contributed by atoms with Gasteiger partial charge in [0.1, 0.15) is 6.10 Å². The Bertz CT molecular complexity index is 861. The third-order valence-corrected chi connectivity index (χ3v) is 8.02. The minimum Gasteiger partial charge on any atom is -0.481 e. The first-order valence-electron chi connectivity index (χ1n) is 11.7. The molecule has 1 aromatic rings. The molecule has 1 amide bonds. The molecule has 8 heteroatoms. The zero-order chi connectivity index (χ0) is 22.3. The first-order chi connectivity index (χ1) is 15.5. The van der Waals surface area contributed by atoms with E-state index in [1.54, 1.807) is 7.11 Å². The predicted molar refractivity (Wildman–Crippen MR) is 116 cm³/mol. The van der Waals surface area contributed by atoms with Gasteiger partial charge in [-0.05, 0) is 55.9 Å². The van der Waals surface area contributed by atoms with Crippen LogP contribution in [0.3, 0.4) is 0 Å². The van der Waals surface area contributed by atoms with Crippen LogP contribution in [0.2, 0.25) is 0 Å². The molecule has 6 rings (SSSR count). The summed E-state index contributed by atoms with van der Waals surface area (Å²) < 4.78 is 16.2. The Morgan fingerprint density at radius 3 is 2.72 bits per heavy atom. The number of morpholine rings is 1. The second kappa shape index (κ2) is 8.63. The molecule has 3 unspecified atom stereocenters. The average molecular weight is 444 g/mol. The summed E-state index contributed by atoms with van der Waals surface area (Å²) in [4.78, 5) is 32.4. The summed E-state index contributed by atoms with van der Waals surface area (Å²) in [5, 5.41) is 3.33. The van der Waals surface area contributed by atoms with Crippen LogP contribution in [-0.4, -0.2) is 67.8 Å². The summed E-state index contributed by atoms with van der Waals surface area (Å²) in [6.07, 6.45) is 4.32. The maximum atomic E-state index is 13.2. The van der Waals surface area contributed by atoms with Crippen LogP contribution >= 0.6 is 0 Å². The predicted octanol–water partition coefficient (Wildman–Crippen LogP) is 1.78. The highest BCUT2D eigenvalue weighted by atomic mass is 16.5. The topological polar surface area (TPSA) is 90.0 Å². The van der Waals surface area contributed by atoms with Crippen LogP contribution in [0.1, 0.15) is 37.8 Å². The van der Waals surface area contributed by atoms with Crippen molar-refractivity contribution >= 4 is 11.9 Å². The fourth-order valence-corrected chi connectivity index (χ4v) is 6.88. The number of amides is 1. The number of methoxy groups -OCH3 is 2. The van der Waals surface area contributed by atoms with Gasteiger partial charge in [0.25, 0.3) is 5.91 Å². The maximum Gasteiger partial charge on any atom is 0.311 e. The molecule has 3 atom stereocenters. The van der Waals surface area contributed by atoms with Gasteiger partial charge in [-0.2, -0.15) is 0 Å². The second-order valence-corrected chi connectivity index (χ2v) is 10.0. The van der Waals surface area contributed by atoms with E-state index < -0.39 is 6.10 Å². The summed E-state index contributed by atoms with van der Waals surface area (Å²) >= 11 is 0. The van der Waals surface area contributed by atoms with Gasteiger partial charge < -0.3 is 19.5 Å². The molecule has 5 aliphatic rings. The van der Waals surface area contributed by atoms with Gasteiger partial charge in [-0.25, -0.2) is 4.98 Å². The summed E-state index contributed by atoms with van der Waals surface area (Å²) in [5.74, 6) is 1.79. The Morgan fingerprint density at radius 2 is 2.00 bits per heavy atom. The lowest BCUT2D eigenvalue weighted by molar-refractivity contribution is -0.172. The van der Waals surface area contributed by atoms with Crippen molar-refractivity contribution in [1.82, 2.24) is 15.2 Å². The van der Waals surface area contributed by atoms with Crippen molar-refractivity contribution in [3.63, 3.8) is 0 Å². The first-order valence-corrected chi connectivity index (χ1v) is 11.7. The summed E-state index contributed by atoms with van der Waals surface area (Å²) in [6.45, 7) is 2.48. The van der Waals surface area contributed by atoms with E-state index in [0.717, 1.165) is 44.3 Å². The first kappa shape index (κ1) is 21.6. The molecule has 2 heterocycles. The van der Waals surface area contributed by atoms with E-state index in [1.165, 1.54) is 7.11 Å². The standard InChI is InChI=1S/C24H33N3O5/c1-30-20-5-3-4-18(25-20)13-27-6-7-32-19(14-27)22(28)26-21-16-8-15-9-17(21)12-24(10-15,11-16)23(29)31-2/h3-5,15-17,19,21H,6-14H2,1-2H3,(H,26,28). The molecule has 174 valence electrons. The number of carbonyl (C=O) groups excluding carboxylic acids is 2. The van der Waals surface area contributed by atoms with Crippen LogP contribution in [-0.2, 0) is 25.6 Å². The number of carbonyl (C=O) groups is 2. The molecule has 8 nitrogen and oxygen atoms in total. The van der Waals surface area contributed by atoms with E-state index in [4.69, 9.17) is 14.2 Å². The minimum absolute atomic E-state index is 0.0297. The molecular weight excluding hydrogens is 410 g/mol. The lowest BCUT2D eigenvalue weighted by atomic mass is 9.48. The molecule has 32 heavy (non-hydrogen) atoms. The van der Waals surface area contributed by atoms with Crippen molar-refractivity contribution in [1.29, 1.82) is 0 Å². The molecule has 4 bridgehead atoms. The number of nitrogens with zero attached hydrogens (tertiary/aromatic N) is 2. The molecular formula is C24H33N3O5. The van der Waals surface area contributed by atoms with E-state index in [1.807, 2.05) is 18.2 Å². The molecule has 4 aliphatic carbocycles. The zero-order valence-corrected chi connectivity index (χ0v) is 18.9. The normalized spacial score (nSPS) is 36.0. The fraction of sp³-hybridized carbons (Fsp3) is 0.708. The molecule has 5 fully saturated rings. The smallest absolute Gasteiger partial charge is 0.311 e. The quantitative estimate of drug-likeness (QED) is 0.670. The molecule has 0 aromatic carbocycles. The number of pyridine rings is 1. The van der Waals surface area contributed by atoms with Crippen molar-refractivity contribution < 1.29 is 23.8 Å². The number of esters is 1. The monoisotopic (exact) mass is 443 g/mol. The Labute approximate surface area is 189 Å². The third-order valence-electron chi connectivity index (χ3n) is 8.02. The Hall–Kier alpha value is -2.19. The van der Waals surface area contributed by atoms with Crippen molar-refractivity contribution in [3.8, 4) is 5.88 Å². The number of ether oxygens (including phenoxy) is 3. The molecule has 0 radical (unpaired) electrons. The number of hydrogen-bond acceptors (Lipinski definition) is 7. The Balaban J connectivity index is 1.20. The van der Waals surface area contributed by atoms with Gasteiger partial charge >= 0.3 is 5.97 Å². The highest BCUT2D eigenvalue weighted by Crippen LogP contribution is 2.60.